The maximum Gasteiger partial charge on any atom is 0.316 e. The fraction of sp³-hybridized carbons (Fsp3) is 0.500. The van der Waals surface area contributed by atoms with E-state index in [1.807, 2.05) is 52.8 Å². The zero-order valence-corrected chi connectivity index (χ0v) is 17.9. The second kappa shape index (κ2) is 10.2. The Morgan fingerprint density at radius 3 is 2.41 bits per heavy atom. The van der Waals surface area contributed by atoms with Gasteiger partial charge in [-0.3, -0.25) is 4.79 Å². The number of benzene rings is 1. The van der Waals surface area contributed by atoms with E-state index in [9.17, 15) is 9.90 Å². The van der Waals surface area contributed by atoms with Crippen LogP contribution in [-0.4, -0.2) is 34.3 Å². The van der Waals surface area contributed by atoms with Crippen molar-refractivity contribution in [3.8, 4) is 6.01 Å². The molecule has 1 aromatic carbocycles. The molecular weight excluding hydrogens is 370 g/mol. The quantitative estimate of drug-likeness (QED) is 0.555. The van der Waals surface area contributed by atoms with Gasteiger partial charge < -0.3 is 19.9 Å². The lowest BCUT2D eigenvalue weighted by molar-refractivity contribution is -0.137. The first-order valence-corrected chi connectivity index (χ1v) is 10.0. The summed E-state index contributed by atoms with van der Waals surface area (Å²) in [5.41, 5.74) is 2.99. The highest BCUT2D eigenvalue weighted by molar-refractivity contribution is 5.69. The van der Waals surface area contributed by atoms with Crippen LogP contribution in [0.3, 0.4) is 0 Å². The summed E-state index contributed by atoms with van der Waals surface area (Å²) in [4.78, 5) is 19.7. The summed E-state index contributed by atoms with van der Waals surface area (Å²) in [6.07, 6.45) is 4.16. The normalized spacial score (nSPS) is 12.4. The number of rotatable bonds is 11. The first-order chi connectivity index (χ1) is 13.8. The van der Waals surface area contributed by atoms with Crippen molar-refractivity contribution in [1.29, 1.82) is 0 Å². The lowest BCUT2D eigenvalue weighted by Crippen LogP contribution is -2.23. The van der Waals surface area contributed by atoms with Gasteiger partial charge in [-0.25, -0.2) is 9.97 Å². The van der Waals surface area contributed by atoms with Crippen LogP contribution in [0, 0.1) is 0 Å². The summed E-state index contributed by atoms with van der Waals surface area (Å²) in [6, 6.07) is 6.33. The largest absolute Gasteiger partial charge is 0.481 e. The number of hydrogen-bond donors (Lipinski definition) is 2. The van der Waals surface area contributed by atoms with Gasteiger partial charge in [-0.2, -0.15) is 0 Å². The van der Waals surface area contributed by atoms with Gasteiger partial charge in [-0.05, 0) is 51.7 Å². The number of aromatic nitrogens is 2. The van der Waals surface area contributed by atoms with Gasteiger partial charge in [0.15, 0.2) is 0 Å². The van der Waals surface area contributed by atoms with Crippen molar-refractivity contribution in [2.24, 2.45) is 0 Å². The second-order valence-electron chi connectivity index (χ2n) is 7.26. The standard InChI is InChI=1S/C22H31N3O4/c1-6-15(12-20(26)27)16-9-10-18(22(4,5)29-8-3)19(11-16)25-17-13-23-21(24-14-17)28-7-2/h9-11,13-15,25H,6-8,12H2,1-5H3,(H,26,27)/t15-/m0/s1. The molecule has 158 valence electrons. The van der Waals surface area contributed by atoms with Crippen molar-refractivity contribution in [3.63, 3.8) is 0 Å². The Hall–Kier alpha value is -2.67. The second-order valence-corrected chi connectivity index (χ2v) is 7.26. The molecule has 0 aliphatic carbocycles. The smallest absolute Gasteiger partial charge is 0.316 e. The number of nitrogens with one attached hydrogen (secondary N) is 1. The van der Waals surface area contributed by atoms with E-state index in [0.29, 0.717) is 24.9 Å². The van der Waals surface area contributed by atoms with Crippen LogP contribution in [0.4, 0.5) is 11.4 Å². The molecule has 2 N–H and O–H groups in total. The molecule has 0 aliphatic rings. The molecule has 0 radical (unpaired) electrons. The number of carbonyl (C=O) groups is 1. The third-order valence-corrected chi connectivity index (χ3v) is 4.76. The number of hydrogen-bond acceptors (Lipinski definition) is 6. The minimum atomic E-state index is -0.801. The molecule has 2 aromatic rings. The molecule has 0 amide bonds. The van der Waals surface area contributed by atoms with Crippen LogP contribution in [0.15, 0.2) is 30.6 Å². The molecule has 29 heavy (non-hydrogen) atoms. The van der Waals surface area contributed by atoms with Crippen LogP contribution in [0.1, 0.15) is 64.5 Å². The predicted octanol–water partition coefficient (Wildman–Crippen LogP) is 4.86. The Morgan fingerprint density at radius 2 is 1.86 bits per heavy atom. The van der Waals surface area contributed by atoms with Crippen molar-refractivity contribution < 1.29 is 19.4 Å². The average molecular weight is 402 g/mol. The monoisotopic (exact) mass is 401 g/mol. The van der Waals surface area contributed by atoms with Crippen LogP contribution >= 0.6 is 0 Å². The van der Waals surface area contributed by atoms with Crippen LogP contribution in [0.5, 0.6) is 6.01 Å². The Balaban J connectivity index is 2.43. The van der Waals surface area contributed by atoms with Gasteiger partial charge in [0.25, 0.3) is 0 Å². The molecule has 1 heterocycles. The maximum atomic E-state index is 11.3. The summed E-state index contributed by atoms with van der Waals surface area (Å²) >= 11 is 0. The lowest BCUT2D eigenvalue weighted by atomic mass is 9.88. The number of aliphatic carboxylic acids is 1. The third kappa shape index (κ3) is 6.15. The summed E-state index contributed by atoms with van der Waals surface area (Å²) in [5, 5.41) is 12.6. The number of anilines is 2. The third-order valence-electron chi connectivity index (χ3n) is 4.76. The number of carboxylic acids is 1. The number of carboxylic acid groups (broad SMARTS) is 1. The molecule has 0 fully saturated rings. The van der Waals surface area contributed by atoms with Crippen LogP contribution < -0.4 is 10.1 Å². The van der Waals surface area contributed by atoms with Gasteiger partial charge in [0.05, 0.1) is 36.7 Å². The first kappa shape index (κ1) is 22.6. The van der Waals surface area contributed by atoms with Gasteiger partial charge >= 0.3 is 12.0 Å². The summed E-state index contributed by atoms with van der Waals surface area (Å²) < 4.78 is 11.2. The highest BCUT2D eigenvalue weighted by Gasteiger charge is 2.25. The lowest BCUT2D eigenvalue weighted by Gasteiger charge is -2.29. The number of ether oxygens (including phenoxy) is 2. The zero-order valence-electron chi connectivity index (χ0n) is 17.9. The van der Waals surface area contributed by atoms with E-state index in [0.717, 1.165) is 23.2 Å². The predicted molar refractivity (Wildman–Crippen MR) is 113 cm³/mol. The molecule has 0 bridgehead atoms. The summed E-state index contributed by atoms with van der Waals surface area (Å²) in [6.45, 7) is 11.0. The molecule has 2 rings (SSSR count). The number of nitrogens with zero attached hydrogens (tertiary/aromatic N) is 2. The fourth-order valence-electron chi connectivity index (χ4n) is 3.33. The molecule has 0 aliphatic heterocycles. The molecular formula is C22H31N3O4. The van der Waals surface area contributed by atoms with Crippen molar-refractivity contribution in [1.82, 2.24) is 9.97 Å². The van der Waals surface area contributed by atoms with E-state index < -0.39 is 11.6 Å². The van der Waals surface area contributed by atoms with Gasteiger partial charge in [0, 0.05) is 17.9 Å². The van der Waals surface area contributed by atoms with E-state index in [-0.39, 0.29) is 12.3 Å². The van der Waals surface area contributed by atoms with Crippen LogP contribution in [0.2, 0.25) is 0 Å². The Labute approximate surface area is 172 Å². The molecule has 0 unspecified atom stereocenters. The molecule has 1 aromatic heterocycles. The van der Waals surface area contributed by atoms with Gasteiger partial charge in [0.2, 0.25) is 0 Å². The van der Waals surface area contributed by atoms with Crippen molar-refractivity contribution in [3.05, 3.63) is 41.7 Å². The van der Waals surface area contributed by atoms with Crippen molar-refractivity contribution in [2.75, 3.05) is 18.5 Å². The first-order valence-electron chi connectivity index (χ1n) is 10.0. The summed E-state index contributed by atoms with van der Waals surface area (Å²) in [7, 11) is 0. The minimum absolute atomic E-state index is 0.0612. The molecule has 7 nitrogen and oxygen atoms in total. The summed E-state index contributed by atoms with van der Waals surface area (Å²) in [5.74, 6) is -0.862. The molecule has 0 saturated heterocycles. The zero-order chi connectivity index (χ0) is 21.4. The maximum absolute atomic E-state index is 11.3. The van der Waals surface area contributed by atoms with Crippen LogP contribution in [-0.2, 0) is 15.1 Å². The minimum Gasteiger partial charge on any atom is -0.481 e. The van der Waals surface area contributed by atoms with E-state index in [2.05, 4.69) is 15.3 Å². The fourth-order valence-corrected chi connectivity index (χ4v) is 3.33. The Morgan fingerprint density at radius 1 is 1.17 bits per heavy atom. The molecule has 7 heteroatoms. The molecule has 0 spiro atoms. The van der Waals surface area contributed by atoms with E-state index in [1.54, 1.807) is 12.4 Å². The Bertz CT molecular complexity index is 806. The van der Waals surface area contributed by atoms with E-state index in [4.69, 9.17) is 9.47 Å². The topological polar surface area (TPSA) is 93.6 Å². The SMILES string of the molecule is CCOc1ncc(Nc2cc([C@@H](CC)CC(=O)O)ccc2C(C)(C)OCC)cn1. The molecule has 1 atom stereocenters. The molecule has 0 saturated carbocycles. The van der Waals surface area contributed by atoms with Gasteiger partial charge in [0.1, 0.15) is 0 Å². The van der Waals surface area contributed by atoms with Gasteiger partial charge in [-0.1, -0.05) is 19.1 Å². The van der Waals surface area contributed by atoms with E-state index in [1.165, 1.54) is 0 Å². The van der Waals surface area contributed by atoms with Crippen molar-refractivity contribution >= 4 is 17.3 Å². The van der Waals surface area contributed by atoms with Crippen molar-refractivity contribution in [2.45, 2.75) is 59.0 Å². The Kier molecular flexibility index (Phi) is 7.96. The highest BCUT2D eigenvalue weighted by atomic mass is 16.5. The van der Waals surface area contributed by atoms with Gasteiger partial charge in [-0.15, -0.1) is 0 Å². The van der Waals surface area contributed by atoms with Crippen LogP contribution in [0.25, 0.3) is 0 Å². The van der Waals surface area contributed by atoms with E-state index >= 15 is 0 Å². The highest BCUT2D eigenvalue weighted by Crippen LogP contribution is 2.36. The average Bonchev–Trinajstić information content (AvgIpc) is 2.67.